The second-order valence-corrected chi connectivity index (χ2v) is 7.26. The summed E-state index contributed by atoms with van der Waals surface area (Å²) < 4.78 is 0. The average molecular weight is 302 g/mol. The van der Waals surface area contributed by atoms with E-state index in [0.29, 0.717) is 0 Å². The van der Waals surface area contributed by atoms with E-state index in [9.17, 15) is 4.79 Å². The maximum atomic E-state index is 12.9. The summed E-state index contributed by atoms with van der Waals surface area (Å²) in [6.45, 7) is 0.788. The fourth-order valence-electron chi connectivity index (χ4n) is 2.95. The highest BCUT2D eigenvalue weighted by molar-refractivity contribution is 8.00. The number of carbonyl (C=O) groups excluding carboxylic acids is 1. The van der Waals surface area contributed by atoms with Crippen LogP contribution in [0.4, 0.5) is 5.69 Å². The van der Waals surface area contributed by atoms with E-state index in [1.165, 1.54) is 16.0 Å². The highest BCUT2D eigenvalue weighted by Gasteiger charge is 2.34. The molecule has 0 fully saturated rings. The molecule has 0 radical (unpaired) electrons. The van der Waals surface area contributed by atoms with Crippen molar-refractivity contribution in [2.24, 2.45) is 0 Å². The number of fused-ring (bicyclic) bond motifs is 2. The summed E-state index contributed by atoms with van der Waals surface area (Å²) in [6.07, 6.45) is 5.67. The van der Waals surface area contributed by atoms with Gasteiger partial charge >= 0.3 is 0 Å². The van der Waals surface area contributed by atoms with E-state index in [-0.39, 0.29) is 11.2 Å². The van der Waals surface area contributed by atoms with E-state index in [0.717, 1.165) is 30.8 Å². The minimum Gasteiger partial charge on any atom is -0.310 e. The molecule has 2 aliphatic rings. The highest BCUT2D eigenvalue weighted by Crippen LogP contribution is 2.42. The molecule has 0 bridgehead atoms. The van der Waals surface area contributed by atoms with Crippen molar-refractivity contribution >= 4 is 34.7 Å². The molecule has 0 saturated carbocycles. The van der Waals surface area contributed by atoms with Gasteiger partial charge < -0.3 is 4.90 Å². The molecule has 1 atom stereocenters. The molecular formula is C15H14N2OS2. The number of anilines is 1. The minimum absolute atomic E-state index is 0.0240. The van der Waals surface area contributed by atoms with Crippen molar-refractivity contribution in [1.29, 1.82) is 0 Å². The van der Waals surface area contributed by atoms with Crippen molar-refractivity contribution in [2.75, 3.05) is 17.2 Å². The third-order valence-corrected chi connectivity index (χ3v) is 6.16. The van der Waals surface area contributed by atoms with Gasteiger partial charge in [-0.3, -0.25) is 9.78 Å². The van der Waals surface area contributed by atoms with E-state index >= 15 is 0 Å². The SMILES string of the molecule is O=C([C@H]1SCCc2sccc21)N1CCc2cnccc21. The molecule has 5 heteroatoms. The Morgan fingerprint density at radius 1 is 1.35 bits per heavy atom. The van der Waals surface area contributed by atoms with Gasteiger partial charge in [-0.05, 0) is 47.2 Å². The third-order valence-electron chi connectivity index (χ3n) is 3.94. The first-order chi connectivity index (χ1) is 9.84. The molecule has 0 unspecified atom stereocenters. The van der Waals surface area contributed by atoms with Gasteiger partial charge in [-0.2, -0.15) is 0 Å². The Hall–Kier alpha value is -1.33. The van der Waals surface area contributed by atoms with Crippen molar-refractivity contribution in [3.05, 3.63) is 45.9 Å². The Morgan fingerprint density at radius 3 is 3.25 bits per heavy atom. The van der Waals surface area contributed by atoms with Crippen molar-refractivity contribution in [2.45, 2.75) is 18.1 Å². The molecule has 2 aromatic rings. The standard InChI is InChI=1S/C15H14N2OS2/c18-15(14-11-3-7-19-13(11)4-8-20-14)17-6-2-10-9-16-5-1-12(10)17/h1,3,5,7,9,14H,2,4,6,8H2/t14-/m0/s1. The van der Waals surface area contributed by atoms with Gasteiger partial charge in [0.25, 0.3) is 0 Å². The number of thioether (sulfide) groups is 1. The molecule has 0 aliphatic carbocycles. The van der Waals surface area contributed by atoms with Gasteiger partial charge in [0.2, 0.25) is 5.91 Å². The van der Waals surface area contributed by atoms with Gasteiger partial charge in [-0.15, -0.1) is 23.1 Å². The van der Waals surface area contributed by atoms with Crippen molar-refractivity contribution in [3.8, 4) is 0 Å². The molecule has 0 saturated heterocycles. The largest absolute Gasteiger partial charge is 0.310 e. The van der Waals surface area contributed by atoms with Crippen LogP contribution in [0.2, 0.25) is 0 Å². The number of hydrogen-bond acceptors (Lipinski definition) is 4. The van der Waals surface area contributed by atoms with Crippen molar-refractivity contribution < 1.29 is 4.79 Å². The molecule has 0 N–H and O–H groups in total. The summed E-state index contributed by atoms with van der Waals surface area (Å²) >= 11 is 3.56. The number of carbonyl (C=O) groups is 1. The van der Waals surface area contributed by atoms with Crippen LogP contribution in [-0.4, -0.2) is 23.2 Å². The first-order valence-corrected chi connectivity index (χ1v) is 8.69. The van der Waals surface area contributed by atoms with E-state index < -0.39 is 0 Å². The Morgan fingerprint density at radius 2 is 2.30 bits per heavy atom. The van der Waals surface area contributed by atoms with Gasteiger partial charge in [0, 0.05) is 29.5 Å². The molecule has 0 spiro atoms. The lowest BCUT2D eigenvalue weighted by molar-refractivity contribution is -0.118. The van der Waals surface area contributed by atoms with E-state index in [1.807, 2.05) is 17.2 Å². The summed E-state index contributed by atoms with van der Waals surface area (Å²) in [4.78, 5) is 20.4. The zero-order valence-electron chi connectivity index (χ0n) is 10.9. The number of rotatable bonds is 1. The number of nitrogens with zero attached hydrogens (tertiary/aromatic N) is 2. The Bertz CT molecular complexity index is 667. The quantitative estimate of drug-likeness (QED) is 0.812. The van der Waals surface area contributed by atoms with Crippen LogP contribution in [0.1, 0.15) is 21.3 Å². The molecule has 0 aromatic carbocycles. The lowest BCUT2D eigenvalue weighted by atomic mass is 10.1. The van der Waals surface area contributed by atoms with Crippen LogP contribution in [0.15, 0.2) is 29.9 Å². The Kier molecular flexibility index (Phi) is 3.04. The lowest BCUT2D eigenvalue weighted by Gasteiger charge is -2.26. The fourth-order valence-corrected chi connectivity index (χ4v) is 5.30. The summed E-state index contributed by atoms with van der Waals surface area (Å²) in [5.41, 5.74) is 3.47. The smallest absolute Gasteiger partial charge is 0.244 e. The minimum atomic E-state index is -0.0240. The normalized spacial score (nSPS) is 20.6. The zero-order chi connectivity index (χ0) is 13.5. The monoisotopic (exact) mass is 302 g/mol. The van der Waals surface area contributed by atoms with Crippen LogP contribution in [0.5, 0.6) is 0 Å². The van der Waals surface area contributed by atoms with Crippen LogP contribution >= 0.6 is 23.1 Å². The maximum absolute atomic E-state index is 12.9. The van der Waals surface area contributed by atoms with Crippen LogP contribution in [0, 0.1) is 0 Å². The summed E-state index contributed by atoms with van der Waals surface area (Å²) in [5.74, 6) is 1.28. The number of thiophene rings is 1. The lowest BCUT2D eigenvalue weighted by Crippen LogP contribution is -2.33. The third kappa shape index (κ3) is 1.88. The van der Waals surface area contributed by atoms with E-state index in [4.69, 9.17) is 0 Å². The molecule has 2 aromatic heterocycles. The second-order valence-electron chi connectivity index (χ2n) is 5.04. The number of aryl methyl sites for hydroxylation is 1. The average Bonchev–Trinajstić information content (AvgIpc) is 3.12. The zero-order valence-corrected chi connectivity index (χ0v) is 12.5. The van der Waals surface area contributed by atoms with Crippen molar-refractivity contribution in [3.63, 3.8) is 0 Å². The van der Waals surface area contributed by atoms with Gasteiger partial charge in [0.05, 0.1) is 0 Å². The number of hydrogen-bond donors (Lipinski definition) is 0. The van der Waals surface area contributed by atoms with Crippen LogP contribution in [-0.2, 0) is 17.6 Å². The van der Waals surface area contributed by atoms with E-state index in [2.05, 4.69) is 16.4 Å². The Balaban J connectivity index is 1.67. The molecule has 3 nitrogen and oxygen atoms in total. The van der Waals surface area contributed by atoms with Crippen molar-refractivity contribution in [1.82, 2.24) is 4.98 Å². The molecule has 102 valence electrons. The van der Waals surface area contributed by atoms with E-state index in [1.54, 1.807) is 29.3 Å². The fraction of sp³-hybridized carbons (Fsp3) is 0.333. The molecule has 1 amide bonds. The van der Waals surface area contributed by atoms with Gasteiger partial charge in [-0.1, -0.05) is 0 Å². The highest BCUT2D eigenvalue weighted by atomic mass is 32.2. The van der Waals surface area contributed by atoms with Gasteiger partial charge in [-0.25, -0.2) is 0 Å². The number of amides is 1. The first-order valence-electron chi connectivity index (χ1n) is 6.77. The molecular weight excluding hydrogens is 288 g/mol. The molecule has 2 aliphatic heterocycles. The molecule has 4 heterocycles. The predicted octanol–water partition coefficient (Wildman–Crippen LogP) is 3.06. The second kappa shape index (κ2) is 4.90. The maximum Gasteiger partial charge on any atom is 0.244 e. The number of pyridine rings is 1. The summed E-state index contributed by atoms with van der Waals surface area (Å²) in [7, 11) is 0. The van der Waals surface area contributed by atoms with Gasteiger partial charge in [0.15, 0.2) is 0 Å². The summed E-state index contributed by atoms with van der Waals surface area (Å²) in [5, 5.41) is 2.09. The van der Waals surface area contributed by atoms with Gasteiger partial charge in [0.1, 0.15) is 5.25 Å². The van der Waals surface area contributed by atoms with Crippen LogP contribution in [0.25, 0.3) is 0 Å². The predicted molar refractivity (Wildman–Crippen MR) is 83.5 cm³/mol. The first kappa shape index (κ1) is 12.4. The Labute approximate surface area is 126 Å². The van der Waals surface area contributed by atoms with Crippen LogP contribution < -0.4 is 4.90 Å². The van der Waals surface area contributed by atoms with Crippen LogP contribution in [0.3, 0.4) is 0 Å². The molecule has 20 heavy (non-hydrogen) atoms. The molecule has 4 rings (SSSR count). The number of aromatic nitrogens is 1. The summed E-state index contributed by atoms with van der Waals surface area (Å²) in [6, 6.07) is 4.08. The topological polar surface area (TPSA) is 33.2 Å².